The van der Waals surface area contributed by atoms with Crippen molar-refractivity contribution in [3.63, 3.8) is 0 Å². The minimum Gasteiger partial charge on any atom is -0.326 e. The van der Waals surface area contributed by atoms with Gasteiger partial charge in [-0.05, 0) is 25.8 Å². The van der Waals surface area contributed by atoms with E-state index < -0.39 is 0 Å². The van der Waals surface area contributed by atoms with Crippen LogP contribution in [0.4, 0.5) is 0 Å². The molecule has 0 spiro atoms. The van der Waals surface area contributed by atoms with E-state index in [0.29, 0.717) is 0 Å². The van der Waals surface area contributed by atoms with Crippen molar-refractivity contribution in [2.45, 2.75) is 32.7 Å². The van der Waals surface area contributed by atoms with E-state index in [1.165, 1.54) is 51.1 Å². The Kier molecular flexibility index (Phi) is 5.21. The Morgan fingerprint density at radius 1 is 1.00 bits per heavy atom. The summed E-state index contributed by atoms with van der Waals surface area (Å²) >= 11 is 0. The molecule has 2 nitrogen and oxygen atoms in total. The minimum atomic E-state index is 0.802. The van der Waals surface area contributed by atoms with E-state index in [9.17, 15) is 0 Å². The largest absolute Gasteiger partial charge is 0.326 e. The van der Waals surface area contributed by atoms with Gasteiger partial charge < -0.3 is 9.80 Å². The molecule has 1 aromatic carbocycles. The number of aryl methyl sites for hydroxylation is 1. The molecule has 1 aliphatic heterocycles. The molecule has 1 saturated heterocycles. The van der Waals surface area contributed by atoms with Gasteiger partial charge in [0.1, 0.15) is 26.2 Å². The smallest absolute Gasteiger partial charge is 0.127 e. The van der Waals surface area contributed by atoms with Crippen LogP contribution in [0.3, 0.4) is 0 Å². The van der Waals surface area contributed by atoms with Crippen LogP contribution in [0.25, 0.3) is 0 Å². The lowest BCUT2D eigenvalue weighted by atomic mass is 10.1. The Labute approximate surface area is 112 Å². The van der Waals surface area contributed by atoms with Gasteiger partial charge in [-0.25, -0.2) is 0 Å². The summed E-state index contributed by atoms with van der Waals surface area (Å²) in [6.07, 6.45) is 2.57. The lowest BCUT2D eigenvalue weighted by Gasteiger charge is -2.32. The lowest BCUT2D eigenvalue weighted by Crippen LogP contribution is -3.29. The van der Waals surface area contributed by atoms with Gasteiger partial charge in [0.25, 0.3) is 0 Å². The first-order chi connectivity index (χ1) is 8.75. The molecule has 0 atom stereocenters. The summed E-state index contributed by atoms with van der Waals surface area (Å²) in [7, 11) is 0. The van der Waals surface area contributed by atoms with E-state index in [4.69, 9.17) is 0 Å². The topological polar surface area (TPSA) is 8.88 Å². The Bertz CT molecular complexity index is 326. The van der Waals surface area contributed by atoms with Crippen LogP contribution in [0.5, 0.6) is 0 Å². The number of quaternary nitrogens is 2. The maximum absolute atomic E-state index is 2.34. The Morgan fingerprint density at radius 3 is 2.28 bits per heavy atom. The third kappa shape index (κ3) is 4.11. The molecule has 0 aliphatic carbocycles. The SMILES string of the molecule is CC(C)[NH+]1CC[NH+](CCCc2ccccc2)CC1. The van der Waals surface area contributed by atoms with Crippen LogP contribution in [0.1, 0.15) is 25.8 Å². The first kappa shape index (κ1) is 13.6. The van der Waals surface area contributed by atoms with Crippen LogP contribution in [0.15, 0.2) is 30.3 Å². The average molecular weight is 248 g/mol. The summed E-state index contributed by atoms with van der Waals surface area (Å²) in [5.41, 5.74) is 1.49. The summed E-state index contributed by atoms with van der Waals surface area (Å²) in [6, 6.07) is 11.7. The molecule has 2 N–H and O–H groups in total. The molecular formula is C16H28N2+2. The molecule has 0 saturated carbocycles. The maximum atomic E-state index is 2.34. The van der Waals surface area contributed by atoms with Crippen LogP contribution in [0, 0.1) is 0 Å². The molecular weight excluding hydrogens is 220 g/mol. The van der Waals surface area contributed by atoms with Gasteiger partial charge in [-0.1, -0.05) is 30.3 Å². The highest BCUT2D eigenvalue weighted by atomic mass is 15.3. The molecule has 1 fully saturated rings. The first-order valence-corrected chi connectivity index (χ1v) is 7.48. The Morgan fingerprint density at radius 2 is 1.67 bits per heavy atom. The number of benzene rings is 1. The number of nitrogens with one attached hydrogen (secondary N) is 2. The van der Waals surface area contributed by atoms with Crippen molar-refractivity contribution in [2.75, 3.05) is 32.7 Å². The predicted octanol–water partition coefficient (Wildman–Crippen LogP) is -0.189. The van der Waals surface area contributed by atoms with Crippen LogP contribution >= 0.6 is 0 Å². The van der Waals surface area contributed by atoms with Crippen molar-refractivity contribution >= 4 is 0 Å². The Hall–Kier alpha value is -0.860. The molecule has 0 bridgehead atoms. The van der Waals surface area contributed by atoms with Crippen LogP contribution in [0.2, 0.25) is 0 Å². The van der Waals surface area contributed by atoms with Gasteiger partial charge in [-0.2, -0.15) is 0 Å². The third-order valence-corrected chi connectivity index (χ3v) is 4.25. The van der Waals surface area contributed by atoms with Crippen LogP contribution in [-0.2, 0) is 6.42 Å². The monoisotopic (exact) mass is 248 g/mol. The summed E-state index contributed by atoms with van der Waals surface area (Å²) in [5.74, 6) is 0. The number of piperazine rings is 1. The predicted molar refractivity (Wildman–Crippen MR) is 76.2 cm³/mol. The van der Waals surface area contributed by atoms with Crippen molar-refractivity contribution in [2.24, 2.45) is 0 Å². The summed E-state index contributed by atoms with van der Waals surface area (Å²) in [6.45, 7) is 11.5. The highest BCUT2D eigenvalue weighted by molar-refractivity contribution is 5.14. The maximum Gasteiger partial charge on any atom is 0.127 e. The van der Waals surface area contributed by atoms with Gasteiger partial charge in [0.15, 0.2) is 0 Å². The average Bonchev–Trinajstić information content (AvgIpc) is 2.40. The highest BCUT2D eigenvalue weighted by Crippen LogP contribution is 2.00. The van der Waals surface area contributed by atoms with E-state index in [1.54, 1.807) is 4.90 Å². The van der Waals surface area contributed by atoms with Gasteiger partial charge in [-0.15, -0.1) is 0 Å². The molecule has 0 amide bonds. The molecule has 1 aromatic rings. The second-order valence-electron chi connectivity index (χ2n) is 5.90. The molecule has 0 aromatic heterocycles. The fourth-order valence-corrected chi connectivity index (χ4v) is 2.94. The van der Waals surface area contributed by atoms with E-state index in [1.807, 2.05) is 4.90 Å². The van der Waals surface area contributed by atoms with Crippen molar-refractivity contribution in [3.8, 4) is 0 Å². The second kappa shape index (κ2) is 6.91. The normalized spacial score (nSPS) is 24.4. The number of hydrogen-bond donors (Lipinski definition) is 2. The quantitative estimate of drug-likeness (QED) is 0.715. The van der Waals surface area contributed by atoms with Crippen molar-refractivity contribution < 1.29 is 9.80 Å². The Balaban J connectivity index is 1.64. The number of hydrogen-bond acceptors (Lipinski definition) is 0. The molecule has 0 unspecified atom stereocenters. The van der Waals surface area contributed by atoms with E-state index in [2.05, 4.69) is 44.2 Å². The molecule has 2 heteroatoms. The zero-order chi connectivity index (χ0) is 12.8. The van der Waals surface area contributed by atoms with Crippen molar-refractivity contribution in [1.29, 1.82) is 0 Å². The molecule has 0 radical (unpaired) electrons. The van der Waals surface area contributed by atoms with Gasteiger partial charge >= 0.3 is 0 Å². The zero-order valence-corrected chi connectivity index (χ0v) is 11.9. The minimum absolute atomic E-state index is 0.802. The number of rotatable bonds is 5. The van der Waals surface area contributed by atoms with Gasteiger partial charge in [0.2, 0.25) is 0 Å². The van der Waals surface area contributed by atoms with Gasteiger partial charge in [0.05, 0.1) is 12.6 Å². The van der Waals surface area contributed by atoms with Gasteiger partial charge in [-0.3, -0.25) is 0 Å². The van der Waals surface area contributed by atoms with Crippen LogP contribution < -0.4 is 9.80 Å². The second-order valence-corrected chi connectivity index (χ2v) is 5.90. The summed E-state index contributed by atoms with van der Waals surface area (Å²) < 4.78 is 0. The van der Waals surface area contributed by atoms with Gasteiger partial charge in [0, 0.05) is 6.42 Å². The van der Waals surface area contributed by atoms with E-state index in [0.717, 1.165) is 6.04 Å². The lowest BCUT2D eigenvalue weighted by molar-refractivity contribution is -1.02. The first-order valence-electron chi connectivity index (χ1n) is 7.48. The van der Waals surface area contributed by atoms with E-state index in [-0.39, 0.29) is 0 Å². The standard InChI is InChI=1S/C16H26N2/c1-15(2)18-13-11-17(12-14-18)10-6-9-16-7-4-3-5-8-16/h3-5,7-8,15H,6,9-14H2,1-2H3/p+2. The molecule has 18 heavy (non-hydrogen) atoms. The summed E-state index contributed by atoms with van der Waals surface area (Å²) in [4.78, 5) is 3.61. The fraction of sp³-hybridized carbons (Fsp3) is 0.625. The molecule has 1 heterocycles. The zero-order valence-electron chi connectivity index (χ0n) is 11.9. The molecule has 100 valence electrons. The fourth-order valence-electron chi connectivity index (χ4n) is 2.94. The third-order valence-electron chi connectivity index (χ3n) is 4.25. The summed E-state index contributed by atoms with van der Waals surface area (Å²) in [5, 5.41) is 0. The highest BCUT2D eigenvalue weighted by Gasteiger charge is 2.23. The van der Waals surface area contributed by atoms with Crippen molar-refractivity contribution in [1.82, 2.24) is 0 Å². The van der Waals surface area contributed by atoms with E-state index >= 15 is 0 Å². The molecule has 2 rings (SSSR count). The van der Waals surface area contributed by atoms with Crippen LogP contribution in [-0.4, -0.2) is 38.8 Å². The molecule has 1 aliphatic rings. The van der Waals surface area contributed by atoms with Crippen molar-refractivity contribution in [3.05, 3.63) is 35.9 Å².